The highest BCUT2D eigenvalue weighted by molar-refractivity contribution is 6.90. The third-order valence-electron chi connectivity index (χ3n) is 3.88. The fourth-order valence-corrected chi connectivity index (χ4v) is 2.53. The molecule has 2 heteroatoms. The first-order valence-electron chi connectivity index (χ1n) is 8.40. The molecule has 0 nitrogen and oxygen atoms in total. The fourth-order valence-electron chi connectivity index (χ4n) is 2.53. The van der Waals surface area contributed by atoms with Gasteiger partial charge in [-0.1, -0.05) is 103 Å². The van der Waals surface area contributed by atoms with Gasteiger partial charge in [-0.3, -0.25) is 0 Å². The maximum Gasteiger partial charge on any atom is 0.0587 e. The molecule has 0 N–H and O–H groups in total. The van der Waals surface area contributed by atoms with Crippen molar-refractivity contribution >= 4 is 14.9 Å². The van der Waals surface area contributed by atoms with Crippen LogP contribution in [0, 0.1) is 0 Å². The summed E-state index contributed by atoms with van der Waals surface area (Å²) in [6.45, 7) is 4.55. The molecular weight excluding hydrogens is 214 g/mol. The molecule has 0 amide bonds. The second-order valence-electron chi connectivity index (χ2n) is 5.71. The highest BCUT2D eigenvalue weighted by Crippen LogP contribution is 2.22. The van der Waals surface area contributed by atoms with Gasteiger partial charge in [-0.2, -0.15) is 0 Å². The third kappa shape index (κ3) is 12.6. The molecule has 3 radical (unpaired) electrons. The van der Waals surface area contributed by atoms with Crippen molar-refractivity contribution in [1.29, 1.82) is 0 Å². The molecule has 0 aliphatic heterocycles. The molecule has 0 rings (SSSR count). The van der Waals surface area contributed by atoms with E-state index in [2.05, 4.69) is 13.8 Å². The molecule has 0 aliphatic rings. The molecule has 103 valence electrons. The molecule has 18 heavy (non-hydrogen) atoms. The van der Waals surface area contributed by atoms with Crippen molar-refractivity contribution in [3.63, 3.8) is 0 Å². The topological polar surface area (TPSA) is 0 Å². The Morgan fingerprint density at radius 1 is 0.667 bits per heavy atom. The van der Waals surface area contributed by atoms with E-state index in [0.717, 1.165) is 0 Å². The van der Waals surface area contributed by atoms with E-state index in [0.29, 0.717) is 5.82 Å². The van der Waals surface area contributed by atoms with Crippen LogP contribution in [0.2, 0.25) is 5.82 Å². The van der Waals surface area contributed by atoms with Crippen molar-refractivity contribution in [1.82, 2.24) is 0 Å². The lowest BCUT2D eigenvalue weighted by molar-refractivity contribution is 0.537. The van der Waals surface area contributed by atoms with Crippen LogP contribution in [0.3, 0.4) is 0 Å². The number of hydrogen-bond donors (Lipinski definition) is 0. The van der Waals surface area contributed by atoms with Crippen LogP contribution >= 0.6 is 0 Å². The van der Waals surface area contributed by atoms with Gasteiger partial charge < -0.3 is 0 Å². The number of unbranched alkanes of at least 4 members (excludes halogenated alkanes) is 9. The minimum Gasteiger partial charge on any atom is -0.0782 e. The van der Waals surface area contributed by atoms with E-state index in [1.165, 1.54) is 83.5 Å². The third-order valence-corrected chi connectivity index (χ3v) is 3.88. The Morgan fingerprint density at radius 3 is 1.44 bits per heavy atom. The summed E-state index contributed by atoms with van der Waals surface area (Å²) in [4.78, 5) is 0. The Labute approximate surface area is 118 Å². The van der Waals surface area contributed by atoms with Gasteiger partial charge in [0.1, 0.15) is 0 Å². The fraction of sp³-hybridized carbons (Fsp3) is 1.00. The van der Waals surface area contributed by atoms with Crippen molar-refractivity contribution in [3.8, 4) is 0 Å². The van der Waals surface area contributed by atoms with Gasteiger partial charge in [0, 0.05) is 7.74 Å². The molecule has 0 aliphatic carbocycles. The Bertz CT molecular complexity index is 148. The van der Waals surface area contributed by atoms with Crippen molar-refractivity contribution in [2.45, 2.75) is 103 Å². The highest BCUT2D eigenvalue weighted by Gasteiger charge is 2.05. The van der Waals surface area contributed by atoms with Crippen molar-refractivity contribution < 1.29 is 0 Å². The first-order chi connectivity index (χ1) is 8.85. The quantitative estimate of drug-likeness (QED) is 0.274. The van der Waals surface area contributed by atoms with Gasteiger partial charge in [-0.05, 0) is 0 Å². The second kappa shape index (κ2) is 15.2. The summed E-state index contributed by atoms with van der Waals surface area (Å²) >= 11 is 0. The van der Waals surface area contributed by atoms with Gasteiger partial charge in [0.2, 0.25) is 0 Å². The molecule has 0 saturated carbocycles. The van der Waals surface area contributed by atoms with Crippen molar-refractivity contribution in [2.24, 2.45) is 0 Å². The average molecular weight is 247 g/mol. The van der Waals surface area contributed by atoms with E-state index in [1.807, 2.05) is 7.17 Å². The van der Waals surface area contributed by atoms with Gasteiger partial charge in [0.15, 0.2) is 0 Å². The summed E-state index contributed by atoms with van der Waals surface area (Å²) in [6.07, 6.45) is 17.9. The van der Waals surface area contributed by atoms with Crippen LogP contribution in [-0.4, -0.2) is 14.9 Å². The Kier molecular flexibility index (Phi) is 15.3. The van der Waals surface area contributed by atoms with Crippen molar-refractivity contribution in [3.05, 3.63) is 0 Å². The molecule has 0 bridgehead atoms. The molecule has 0 heterocycles. The predicted molar refractivity (Wildman–Crippen MR) is 86.6 cm³/mol. The summed E-state index contributed by atoms with van der Waals surface area (Å²) in [5, 5.41) is 0. The van der Waals surface area contributed by atoms with Crippen LogP contribution in [-0.2, 0) is 0 Å². The molecule has 0 fully saturated rings. The normalized spacial score (nSPS) is 12.6. The van der Waals surface area contributed by atoms with Gasteiger partial charge in [0.05, 0.1) is 7.17 Å². The smallest absolute Gasteiger partial charge is 0.0587 e. The zero-order valence-electron chi connectivity index (χ0n) is 12.9. The summed E-state index contributed by atoms with van der Waals surface area (Å²) in [5.74, 6) is 0.679. The van der Waals surface area contributed by atoms with E-state index >= 15 is 0 Å². The molecule has 0 aromatic heterocycles. The first kappa shape index (κ1) is 18.1. The monoisotopic (exact) mass is 247 g/mol. The van der Waals surface area contributed by atoms with Gasteiger partial charge >= 0.3 is 0 Å². The summed E-state index contributed by atoms with van der Waals surface area (Å²) in [6, 6.07) is 0. The molecule has 0 aromatic carbocycles. The van der Waals surface area contributed by atoms with E-state index in [1.54, 1.807) is 0 Å². The Hall–Kier alpha value is 0.130. The van der Waals surface area contributed by atoms with Gasteiger partial charge in [0.25, 0.3) is 0 Å². The maximum absolute atomic E-state index is 5.75. The molecule has 0 saturated heterocycles. The minimum atomic E-state index is 0.679. The maximum atomic E-state index is 5.75. The standard InChI is InChI=1S/C16H33B2/c1-3-5-7-9-11-13-15-16(18-17)14-12-10-8-6-4-2/h16H,3-15H2,1-2H3. The van der Waals surface area contributed by atoms with Gasteiger partial charge in [-0.15, -0.1) is 0 Å². The lowest BCUT2D eigenvalue weighted by Gasteiger charge is -2.14. The molecule has 0 aromatic rings. The Morgan fingerprint density at radius 2 is 1.06 bits per heavy atom. The lowest BCUT2D eigenvalue weighted by atomic mass is 9.45. The van der Waals surface area contributed by atoms with E-state index in [-0.39, 0.29) is 0 Å². The summed E-state index contributed by atoms with van der Waals surface area (Å²) in [5.41, 5.74) is 0. The average Bonchev–Trinajstić information content (AvgIpc) is 2.40. The molecular formula is C16H33B2. The van der Waals surface area contributed by atoms with Crippen LogP contribution < -0.4 is 0 Å². The molecule has 1 unspecified atom stereocenters. The highest BCUT2D eigenvalue weighted by atomic mass is 14.0. The van der Waals surface area contributed by atoms with Crippen LogP contribution in [0.25, 0.3) is 0 Å². The van der Waals surface area contributed by atoms with Crippen molar-refractivity contribution in [2.75, 3.05) is 0 Å². The van der Waals surface area contributed by atoms with E-state index in [4.69, 9.17) is 7.74 Å². The van der Waals surface area contributed by atoms with Crippen LogP contribution in [0.15, 0.2) is 0 Å². The van der Waals surface area contributed by atoms with Crippen LogP contribution in [0.5, 0.6) is 0 Å². The van der Waals surface area contributed by atoms with E-state index < -0.39 is 0 Å². The lowest BCUT2D eigenvalue weighted by Crippen LogP contribution is -2.04. The molecule has 1 atom stereocenters. The van der Waals surface area contributed by atoms with Gasteiger partial charge in [-0.25, -0.2) is 0 Å². The predicted octanol–water partition coefficient (Wildman–Crippen LogP) is 5.67. The molecule has 0 spiro atoms. The minimum absolute atomic E-state index is 0.679. The SMILES string of the molecule is [B][B]C(CCCCCCC)CCCCCCCC. The Balaban J connectivity index is 3.29. The van der Waals surface area contributed by atoms with E-state index in [9.17, 15) is 0 Å². The van der Waals surface area contributed by atoms with Crippen LogP contribution in [0.1, 0.15) is 97.3 Å². The summed E-state index contributed by atoms with van der Waals surface area (Å²) < 4.78 is 0. The summed E-state index contributed by atoms with van der Waals surface area (Å²) in [7, 11) is 7.70. The zero-order valence-corrected chi connectivity index (χ0v) is 12.9. The zero-order chi connectivity index (χ0) is 13.5. The second-order valence-corrected chi connectivity index (χ2v) is 5.71. The largest absolute Gasteiger partial charge is 0.0782 e. The first-order valence-corrected chi connectivity index (χ1v) is 8.40. The number of rotatable bonds is 14. The van der Waals surface area contributed by atoms with Crippen LogP contribution in [0.4, 0.5) is 0 Å². The number of hydrogen-bond acceptors (Lipinski definition) is 0.